The van der Waals surface area contributed by atoms with Gasteiger partial charge in [0.2, 0.25) is 12.3 Å². The molecule has 0 aromatic carbocycles. The average Bonchev–Trinajstić information content (AvgIpc) is 3.62. The number of rotatable bonds is 10. The van der Waals surface area contributed by atoms with Crippen LogP contribution in [-0.2, 0) is 28.9 Å². The molecule has 0 aliphatic rings. The van der Waals surface area contributed by atoms with Gasteiger partial charge in [0.1, 0.15) is 0 Å². The molecule has 0 amide bonds. The Morgan fingerprint density at radius 2 is 1.07 bits per heavy atom. The van der Waals surface area contributed by atoms with Crippen LogP contribution in [0.4, 0.5) is 8.78 Å². The van der Waals surface area contributed by atoms with Crippen LogP contribution in [0.25, 0.3) is 23.6 Å². The first-order valence-corrected chi connectivity index (χ1v) is 13.9. The predicted molar refractivity (Wildman–Crippen MR) is 164 cm³/mol. The van der Waals surface area contributed by atoms with Crippen LogP contribution in [0.5, 0.6) is 11.8 Å². The summed E-state index contributed by atoms with van der Waals surface area (Å²) in [6.45, 7) is 14.1. The Bertz CT molecular complexity index is 1970. The molecule has 0 saturated carbocycles. The number of nitrogens with one attached hydrogen (secondary N) is 4. The molecule has 45 heavy (non-hydrogen) atoms. The van der Waals surface area contributed by atoms with E-state index in [9.17, 15) is 38.8 Å². The summed E-state index contributed by atoms with van der Waals surface area (Å²) < 4.78 is 29.3. The summed E-state index contributed by atoms with van der Waals surface area (Å²) >= 11 is 0. The smallest absolute Gasteiger partial charge is 0.338 e. The zero-order valence-corrected chi connectivity index (χ0v) is 25.2. The van der Waals surface area contributed by atoms with Crippen LogP contribution in [0.1, 0.15) is 56.2 Å². The Morgan fingerprint density at radius 1 is 0.711 bits per heavy atom. The van der Waals surface area contributed by atoms with Crippen LogP contribution in [0, 0.1) is 27.7 Å². The van der Waals surface area contributed by atoms with E-state index in [0.717, 1.165) is 0 Å². The topological polar surface area (TPSA) is 178 Å². The summed E-state index contributed by atoms with van der Waals surface area (Å²) in [6, 6.07) is 0. The SMILES string of the molecule is C=C=c1c(C)c(O)[nH]c1=Cc1[nH]c(Cc2[nH]c(C=c3[nH]c(O)c(C)c3=C=C)c(C)c2C[C@H](F)C(=O)O)c(C[C@@H](F)C(=O)O)c1C. The summed E-state index contributed by atoms with van der Waals surface area (Å²) in [5, 5.41) is 41.0. The molecule has 0 aliphatic heterocycles. The van der Waals surface area contributed by atoms with Crippen molar-refractivity contribution in [2.24, 2.45) is 0 Å². The van der Waals surface area contributed by atoms with Gasteiger partial charge in [0.05, 0.1) is 10.7 Å². The van der Waals surface area contributed by atoms with Crippen LogP contribution < -0.4 is 21.1 Å². The van der Waals surface area contributed by atoms with E-state index in [1.807, 2.05) is 0 Å². The summed E-state index contributed by atoms with van der Waals surface area (Å²) in [4.78, 5) is 35.0. The third kappa shape index (κ3) is 6.28. The number of carboxylic acids is 2. The van der Waals surface area contributed by atoms with Crippen molar-refractivity contribution < 1.29 is 38.8 Å². The number of hydrogen-bond donors (Lipinski definition) is 8. The number of aromatic amines is 4. The second-order valence-electron chi connectivity index (χ2n) is 10.9. The van der Waals surface area contributed by atoms with Gasteiger partial charge in [-0.2, -0.15) is 0 Å². The van der Waals surface area contributed by atoms with Gasteiger partial charge in [-0.05, 0) is 62.1 Å². The van der Waals surface area contributed by atoms with Crippen molar-refractivity contribution in [2.75, 3.05) is 0 Å². The molecule has 0 spiro atoms. The number of halogens is 2. The highest BCUT2D eigenvalue weighted by molar-refractivity contribution is 5.73. The van der Waals surface area contributed by atoms with Gasteiger partial charge in [-0.3, -0.25) is 0 Å². The number of carbonyl (C=O) groups is 2. The van der Waals surface area contributed by atoms with Crippen molar-refractivity contribution in [1.29, 1.82) is 0 Å². The standard InChI is InChI=1S/C33H34F2N4O6/c1-7-18-16(5)30(40)38-26(18)11-24-14(3)20(9-22(34)32(42)43)28(36-24)13-29-21(10-23(35)33(44)45)15(4)25(37-29)12-27-19(8-2)17(6)31(41)39-27/h11-12,22-23,36-41H,1-2,9-10,13H2,3-6H3,(H,42,43)(H,44,45)/t22-,23+. The first-order chi connectivity index (χ1) is 21.2. The molecule has 4 heterocycles. The Labute approximate surface area is 255 Å². The Morgan fingerprint density at radius 3 is 1.38 bits per heavy atom. The second kappa shape index (κ2) is 12.7. The molecule has 0 unspecified atom stereocenters. The lowest BCUT2D eigenvalue weighted by molar-refractivity contribution is -0.143. The maximum absolute atomic E-state index is 14.6. The zero-order chi connectivity index (χ0) is 33.3. The molecule has 0 radical (unpaired) electrons. The maximum Gasteiger partial charge on any atom is 0.338 e. The third-order valence-electron chi connectivity index (χ3n) is 8.11. The number of hydrogen-bond acceptors (Lipinski definition) is 4. The van der Waals surface area contributed by atoms with Gasteiger partial charge in [0.25, 0.3) is 0 Å². The normalized spacial score (nSPS) is 13.6. The third-order valence-corrected chi connectivity index (χ3v) is 8.11. The number of alkyl halides is 2. The van der Waals surface area contributed by atoms with Gasteiger partial charge in [0, 0.05) is 63.6 Å². The first-order valence-electron chi connectivity index (χ1n) is 13.9. The number of carboxylic acid groups (broad SMARTS) is 2. The Kier molecular flexibility index (Phi) is 9.13. The minimum atomic E-state index is -2.21. The van der Waals surface area contributed by atoms with Gasteiger partial charge in [-0.25, -0.2) is 18.4 Å². The highest BCUT2D eigenvalue weighted by Crippen LogP contribution is 2.28. The van der Waals surface area contributed by atoms with E-state index in [-0.39, 0.29) is 18.2 Å². The van der Waals surface area contributed by atoms with Crippen LogP contribution in [-0.4, -0.2) is 64.6 Å². The van der Waals surface area contributed by atoms with E-state index in [0.29, 0.717) is 77.3 Å². The fourth-order valence-electron chi connectivity index (χ4n) is 5.46. The van der Waals surface area contributed by atoms with Gasteiger partial charge >= 0.3 is 11.9 Å². The van der Waals surface area contributed by atoms with Crippen molar-refractivity contribution in [1.82, 2.24) is 19.9 Å². The molecule has 0 fully saturated rings. The Hall–Kier alpha value is -5.44. The molecule has 10 nitrogen and oxygen atoms in total. The minimum absolute atomic E-state index is 0.0115. The summed E-state index contributed by atoms with van der Waals surface area (Å²) in [5.41, 5.74) is 10.2. The maximum atomic E-state index is 14.6. The van der Waals surface area contributed by atoms with Gasteiger partial charge in [-0.1, -0.05) is 13.2 Å². The molecule has 8 N–H and O–H groups in total. The van der Waals surface area contributed by atoms with Crippen molar-refractivity contribution in [3.63, 3.8) is 0 Å². The molecule has 0 saturated heterocycles. The lowest BCUT2D eigenvalue weighted by Crippen LogP contribution is -2.23. The molecule has 0 aliphatic carbocycles. The summed E-state index contributed by atoms with van der Waals surface area (Å²) in [5.74, 6) is -3.42. The second-order valence-corrected chi connectivity index (χ2v) is 10.9. The van der Waals surface area contributed by atoms with Crippen molar-refractivity contribution in [3.8, 4) is 11.8 Å². The largest absolute Gasteiger partial charge is 0.494 e. The fourth-order valence-corrected chi connectivity index (χ4v) is 5.46. The van der Waals surface area contributed by atoms with E-state index >= 15 is 0 Å². The van der Waals surface area contributed by atoms with Crippen LogP contribution in [0.2, 0.25) is 0 Å². The fraction of sp³-hybridized carbons (Fsp3) is 0.273. The van der Waals surface area contributed by atoms with Crippen LogP contribution >= 0.6 is 0 Å². The lowest BCUT2D eigenvalue weighted by Gasteiger charge is -2.10. The predicted octanol–water partition coefficient (Wildman–Crippen LogP) is 1.95. The molecular weight excluding hydrogens is 586 g/mol. The monoisotopic (exact) mass is 620 g/mol. The molecule has 4 aromatic rings. The van der Waals surface area contributed by atoms with Crippen molar-refractivity contribution in [3.05, 3.63) is 90.4 Å². The lowest BCUT2D eigenvalue weighted by atomic mass is 9.97. The Balaban J connectivity index is 1.94. The number of aliphatic carboxylic acids is 2. The molecular formula is C33H34F2N4O6. The highest BCUT2D eigenvalue weighted by atomic mass is 19.1. The van der Waals surface area contributed by atoms with Crippen LogP contribution in [0.3, 0.4) is 0 Å². The van der Waals surface area contributed by atoms with Gasteiger partial charge in [0.15, 0.2) is 11.8 Å². The van der Waals surface area contributed by atoms with E-state index in [1.54, 1.807) is 39.8 Å². The minimum Gasteiger partial charge on any atom is -0.494 e. The molecule has 4 aromatic heterocycles. The molecule has 2 atom stereocenters. The average molecular weight is 621 g/mol. The van der Waals surface area contributed by atoms with Crippen LogP contribution in [0.15, 0.2) is 13.2 Å². The van der Waals surface area contributed by atoms with Gasteiger partial charge < -0.3 is 40.4 Å². The van der Waals surface area contributed by atoms with Gasteiger partial charge in [-0.15, -0.1) is 11.5 Å². The van der Waals surface area contributed by atoms with E-state index in [4.69, 9.17) is 0 Å². The number of aromatic nitrogens is 4. The highest BCUT2D eigenvalue weighted by Gasteiger charge is 2.26. The van der Waals surface area contributed by atoms with E-state index < -0.39 is 37.1 Å². The molecule has 236 valence electrons. The summed E-state index contributed by atoms with van der Waals surface area (Å²) in [7, 11) is 0. The summed E-state index contributed by atoms with van der Waals surface area (Å²) in [6.07, 6.45) is -2.04. The first kappa shape index (κ1) is 32.5. The van der Waals surface area contributed by atoms with E-state index in [1.165, 1.54) is 0 Å². The number of aromatic hydroxyl groups is 2. The molecule has 0 bridgehead atoms. The quantitative estimate of drug-likeness (QED) is 0.134. The molecule has 4 rings (SSSR count). The molecule has 12 heteroatoms. The van der Waals surface area contributed by atoms with Crippen molar-refractivity contribution >= 4 is 35.6 Å². The zero-order valence-electron chi connectivity index (χ0n) is 25.2. The van der Waals surface area contributed by atoms with Crippen molar-refractivity contribution in [2.45, 2.75) is 59.3 Å². The van der Waals surface area contributed by atoms with E-state index in [2.05, 4.69) is 44.6 Å². The number of H-pyrrole nitrogens is 4.